The van der Waals surface area contributed by atoms with E-state index in [4.69, 9.17) is 4.74 Å². The van der Waals surface area contributed by atoms with Gasteiger partial charge in [0.1, 0.15) is 11.8 Å². The van der Waals surface area contributed by atoms with Gasteiger partial charge < -0.3 is 10.1 Å². The van der Waals surface area contributed by atoms with Gasteiger partial charge in [-0.05, 0) is 24.3 Å². The van der Waals surface area contributed by atoms with Gasteiger partial charge in [0.15, 0.2) is 0 Å². The summed E-state index contributed by atoms with van der Waals surface area (Å²) in [6.07, 6.45) is -4.79. The Morgan fingerprint density at radius 1 is 1.00 bits per heavy atom. The van der Waals surface area contributed by atoms with E-state index in [1.54, 1.807) is 6.07 Å². The van der Waals surface area contributed by atoms with Crippen molar-refractivity contribution in [2.24, 2.45) is 0 Å². The molecule has 1 atom stereocenters. The largest absolute Gasteiger partial charge is 0.497 e. The maximum Gasteiger partial charge on any atom is 0.429 e. The van der Waals surface area contributed by atoms with E-state index in [1.165, 1.54) is 61.7 Å². The maximum atomic E-state index is 13.6. The lowest BCUT2D eigenvalue weighted by Gasteiger charge is -2.31. The quantitative estimate of drug-likeness (QED) is 0.925. The van der Waals surface area contributed by atoms with Crippen molar-refractivity contribution in [2.45, 2.75) is 11.7 Å². The molecule has 0 saturated heterocycles. The van der Waals surface area contributed by atoms with Crippen LogP contribution >= 0.6 is 0 Å². The summed E-state index contributed by atoms with van der Waals surface area (Å²) in [5.41, 5.74) is -2.81. The smallest absolute Gasteiger partial charge is 0.429 e. The molecule has 0 radical (unpaired) electrons. The molecule has 0 bridgehead atoms. The third-order valence-corrected chi connectivity index (χ3v) is 3.22. The van der Waals surface area contributed by atoms with Gasteiger partial charge in [-0.25, -0.2) is 0 Å². The first kappa shape index (κ1) is 15.7. The molecule has 2 aromatic rings. The van der Waals surface area contributed by atoms with Crippen molar-refractivity contribution in [2.75, 3.05) is 12.4 Å². The van der Waals surface area contributed by atoms with Crippen LogP contribution in [0.1, 0.15) is 5.56 Å². The minimum absolute atomic E-state index is 0.166. The van der Waals surface area contributed by atoms with Gasteiger partial charge in [-0.3, -0.25) is 0 Å². The first-order valence-electron chi connectivity index (χ1n) is 6.38. The van der Waals surface area contributed by atoms with E-state index in [0.717, 1.165) is 0 Å². The molecule has 22 heavy (non-hydrogen) atoms. The molecule has 6 heteroatoms. The van der Waals surface area contributed by atoms with Crippen LogP contribution in [0.15, 0.2) is 54.6 Å². The zero-order valence-electron chi connectivity index (χ0n) is 11.7. The first-order chi connectivity index (χ1) is 10.4. The number of rotatable bonds is 4. The summed E-state index contributed by atoms with van der Waals surface area (Å²) in [4.78, 5) is 0. The zero-order valence-corrected chi connectivity index (χ0v) is 11.7. The van der Waals surface area contributed by atoms with E-state index < -0.39 is 11.7 Å². The van der Waals surface area contributed by atoms with E-state index in [2.05, 4.69) is 5.32 Å². The highest BCUT2D eigenvalue weighted by atomic mass is 19.4. The van der Waals surface area contributed by atoms with Crippen LogP contribution in [0.4, 0.5) is 18.9 Å². The van der Waals surface area contributed by atoms with Crippen LogP contribution in [0.5, 0.6) is 5.75 Å². The van der Waals surface area contributed by atoms with Crippen LogP contribution in [0.2, 0.25) is 0 Å². The molecule has 2 aromatic carbocycles. The minimum Gasteiger partial charge on any atom is -0.497 e. The van der Waals surface area contributed by atoms with Crippen molar-refractivity contribution in [3.8, 4) is 11.8 Å². The van der Waals surface area contributed by atoms with Crippen molar-refractivity contribution in [1.29, 1.82) is 5.26 Å². The highest BCUT2D eigenvalue weighted by molar-refractivity contribution is 5.54. The van der Waals surface area contributed by atoms with Crippen LogP contribution in [0, 0.1) is 11.3 Å². The predicted octanol–water partition coefficient (Wildman–Crippen LogP) is 4.09. The Labute approximate surface area is 126 Å². The maximum absolute atomic E-state index is 13.6. The van der Waals surface area contributed by atoms with Crippen LogP contribution in [0.25, 0.3) is 0 Å². The lowest BCUT2D eigenvalue weighted by atomic mass is 9.90. The third kappa shape index (κ3) is 2.84. The van der Waals surface area contributed by atoms with E-state index in [9.17, 15) is 18.4 Å². The fourth-order valence-corrected chi connectivity index (χ4v) is 2.04. The predicted molar refractivity (Wildman–Crippen MR) is 76.4 cm³/mol. The molecule has 114 valence electrons. The van der Waals surface area contributed by atoms with Crippen molar-refractivity contribution in [1.82, 2.24) is 0 Å². The van der Waals surface area contributed by atoms with E-state index >= 15 is 0 Å². The Kier molecular flexibility index (Phi) is 4.27. The second-order valence-electron chi connectivity index (χ2n) is 4.58. The Bertz CT molecular complexity index is 663. The average molecular weight is 306 g/mol. The number of halogens is 3. The molecule has 0 aromatic heterocycles. The summed E-state index contributed by atoms with van der Waals surface area (Å²) in [7, 11) is 1.46. The topological polar surface area (TPSA) is 45.0 Å². The van der Waals surface area contributed by atoms with Gasteiger partial charge in [-0.1, -0.05) is 30.3 Å². The summed E-state index contributed by atoms with van der Waals surface area (Å²) in [6, 6.07) is 14.3. The number of benzene rings is 2. The van der Waals surface area contributed by atoms with Gasteiger partial charge in [0.25, 0.3) is 0 Å². The lowest BCUT2D eigenvalue weighted by Crippen LogP contribution is -2.47. The third-order valence-electron chi connectivity index (χ3n) is 3.22. The fraction of sp³-hybridized carbons (Fsp3) is 0.188. The first-order valence-corrected chi connectivity index (χ1v) is 6.38. The van der Waals surface area contributed by atoms with Crippen molar-refractivity contribution in [3.63, 3.8) is 0 Å². The van der Waals surface area contributed by atoms with E-state index in [-0.39, 0.29) is 11.3 Å². The highest BCUT2D eigenvalue weighted by Crippen LogP contribution is 2.41. The molecule has 0 fully saturated rings. The average Bonchev–Trinajstić information content (AvgIpc) is 2.53. The molecule has 0 amide bonds. The van der Waals surface area contributed by atoms with Crippen molar-refractivity contribution < 1.29 is 17.9 Å². The number of nitrogens with zero attached hydrogens (tertiary/aromatic N) is 1. The number of methoxy groups -OCH3 is 1. The zero-order chi connectivity index (χ0) is 16.2. The van der Waals surface area contributed by atoms with Crippen molar-refractivity contribution >= 4 is 5.69 Å². The molecule has 0 spiro atoms. The van der Waals surface area contributed by atoms with Gasteiger partial charge in [-0.2, -0.15) is 18.4 Å². The molecule has 0 aliphatic carbocycles. The van der Waals surface area contributed by atoms with Gasteiger partial charge in [0.05, 0.1) is 7.11 Å². The molecule has 0 aliphatic heterocycles. The van der Waals surface area contributed by atoms with E-state index in [0.29, 0.717) is 5.75 Å². The van der Waals surface area contributed by atoms with Crippen LogP contribution in [0.3, 0.4) is 0 Å². The van der Waals surface area contributed by atoms with Crippen LogP contribution in [-0.4, -0.2) is 13.3 Å². The highest BCUT2D eigenvalue weighted by Gasteiger charge is 2.57. The van der Waals surface area contributed by atoms with Gasteiger partial charge >= 0.3 is 6.18 Å². The Balaban J connectivity index is 2.47. The molecule has 1 N–H and O–H groups in total. The summed E-state index contributed by atoms with van der Waals surface area (Å²) >= 11 is 0. The molecule has 3 nitrogen and oxygen atoms in total. The number of hydrogen-bond acceptors (Lipinski definition) is 3. The van der Waals surface area contributed by atoms with Crippen molar-refractivity contribution in [3.05, 3.63) is 60.2 Å². The van der Waals surface area contributed by atoms with Crippen LogP contribution < -0.4 is 10.1 Å². The Hall–Kier alpha value is -2.68. The van der Waals surface area contributed by atoms with E-state index in [1.807, 2.05) is 0 Å². The number of alkyl halides is 3. The second kappa shape index (κ2) is 5.98. The summed E-state index contributed by atoms with van der Waals surface area (Å²) in [5.74, 6) is 0.514. The molecular weight excluding hydrogens is 293 g/mol. The normalized spacial score (nSPS) is 13.8. The summed E-state index contributed by atoms with van der Waals surface area (Å²) < 4.78 is 45.7. The second-order valence-corrected chi connectivity index (χ2v) is 4.58. The Morgan fingerprint density at radius 2 is 1.59 bits per heavy atom. The van der Waals surface area contributed by atoms with Crippen LogP contribution in [-0.2, 0) is 5.54 Å². The number of nitrogens with one attached hydrogen (secondary N) is 1. The standard InChI is InChI=1S/C16H13F3N2O/c1-22-14-9-7-13(8-10-14)21-15(11-20,16(17,18)19)12-5-3-2-4-6-12/h2-10,21H,1H3/t15-/m0/s1. The molecule has 2 rings (SSSR count). The Morgan fingerprint density at radius 3 is 2.05 bits per heavy atom. The van der Waals surface area contributed by atoms with Gasteiger partial charge in [0.2, 0.25) is 5.54 Å². The molecule has 0 aliphatic rings. The molecule has 0 unspecified atom stereocenters. The number of nitriles is 1. The molecule has 0 heterocycles. The van der Waals surface area contributed by atoms with Gasteiger partial charge in [0, 0.05) is 11.3 Å². The number of hydrogen-bond donors (Lipinski definition) is 1. The molecular formula is C16H13F3N2O. The summed E-state index contributed by atoms with van der Waals surface area (Å²) in [6.45, 7) is 0. The summed E-state index contributed by atoms with van der Waals surface area (Å²) in [5, 5.41) is 11.6. The fourth-order valence-electron chi connectivity index (χ4n) is 2.04. The van der Waals surface area contributed by atoms with Gasteiger partial charge in [-0.15, -0.1) is 0 Å². The monoisotopic (exact) mass is 306 g/mol. The minimum atomic E-state index is -4.79. The number of ether oxygens (including phenoxy) is 1. The molecule has 0 saturated carbocycles. The lowest BCUT2D eigenvalue weighted by molar-refractivity contribution is -0.165. The SMILES string of the molecule is COc1ccc(N[C@@](C#N)(c2ccccc2)C(F)(F)F)cc1. The number of anilines is 1.